The Labute approximate surface area is 107 Å². The average Bonchev–Trinajstić information content (AvgIpc) is 2.75. The molecule has 4 nitrogen and oxygen atoms in total. The molecule has 0 aliphatic heterocycles. The highest BCUT2D eigenvalue weighted by Crippen LogP contribution is 2.25. The third-order valence-corrected chi connectivity index (χ3v) is 3.54. The molecule has 0 spiro atoms. The molecule has 18 heavy (non-hydrogen) atoms. The van der Waals surface area contributed by atoms with Crippen molar-refractivity contribution in [2.75, 3.05) is 6.54 Å². The summed E-state index contributed by atoms with van der Waals surface area (Å²) < 4.78 is 0. The number of aromatic hydroxyl groups is 1. The molecule has 2 unspecified atom stereocenters. The van der Waals surface area contributed by atoms with Crippen molar-refractivity contribution >= 4 is 5.91 Å². The van der Waals surface area contributed by atoms with Gasteiger partial charge in [-0.1, -0.05) is 18.1 Å². The van der Waals surface area contributed by atoms with E-state index in [0.717, 1.165) is 24.8 Å². The Morgan fingerprint density at radius 2 is 2.22 bits per heavy atom. The predicted molar refractivity (Wildman–Crippen MR) is 68.5 cm³/mol. The fraction of sp³-hybridized carbons (Fsp3) is 0.500. The number of hydrogen-bond donors (Lipinski definition) is 3. The summed E-state index contributed by atoms with van der Waals surface area (Å²) in [6.45, 7) is 2.34. The van der Waals surface area contributed by atoms with E-state index in [2.05, 4.69) is 5.32 Å². The maximum atomic E-state index is 11.9. The number of aliphatic hydroxyl groups excluding tert-OH is 1. The quantitative estimate of drug-likeness (QED) is 0.762. The maximum absolute atomic E-state index is 11.9. The standard InChI is InChI=1S/C14H19NO3/c1-9-5-6-13(17)11(7-9)14(18)15-8-10-3-2-4-12(10)16/h5-7,10,12,16-17H,2-4,8H2,1H3,(H,15,18). The van der Waals surface area contributed by atoms with Gasteiger partial charge in [-0.2, -0.15) is 0 Å². The number of rotatable bonds is 3. The number of aliphatic hydroxyl groups is 1. The first kappa shape index (κ1) is 12.9. The molecular weight excluding hydrogens is 230 g/mol. The van der Waals surface area contributed by atoms with Crippen LogP contribution in [-0.2, 0) is 0 Å². The summed E-state index contributed by atoms with van der Waals surface area (Å²) in [7, 11) is 0. The van der Waals surface area contributed by atoms with E-state index in [9.17, 15) is 15.0 Å². The molecule has 1 aliphatic rings. The van der Waals surface area contributed by atoms with Gasteiger partial charge < -0.3 is 15.5 Å². The summed E-state index contributed by atoms with van der Waals surface area (Å²) in [6, 6.07) is 4.94. The number of phenols is 1. The normalized spacial score (nSPS) is 23.0. The van der Waals surface area contributed by atoms with Crippen LogP contribution in [0.2, 0.25) is 0 Å². The van der Waals surface area contributed by atoms with Gasteiger partial charge in [0.05, 0.1) is 11.7 Å². The molecule has 0 radical (unpaired) electrons. The van der Waals surface area contributed by atoms with Crippen LogP contribution in [-0.4, -0.2) is 28.8 Å². The first-order valence-electron chi connectivity index (χ1n) is 6.34. The third-order valence-electron chi connectivity index (χ3n) is 3.54. The highest BCUT2D eigenvalue weighted by Gasteiger charge is 2.25. The fourth-order valence-electron chi connectivity index (χ4n) is 2.41. The van der Waals surface area contributed by atoms with Crippen molar-refractivity contribution in [1.82, 2.24) is 5.32 Å². The van der Waals surface area contributed by atoms with Gasteiger partial charge in [0.2, 0.25) is 0 Å². The molecule has 1 fully saturated rings. The van der Waals surface area contributed by atoms with E-state index >= 15 is 0 Å². The Bertz CT molecular complexity index is 445. The number of aryl methyl sites for hydroxylation is 1. The lowest BCUT2D eigenvalue weighted by Crippen LogP contribution is -2.32. The van der Waals surface area contributed by atoms with Crippen LogP contribution in [0.1, 0.15) is 35.2 Å². The second-order valence-corrected chi connectivity index (χ2v) is 4.99. The summed E-state index contributed by atoms with van der Waals surface area (Å²) in [4.78, 5) is 11.9. The Balaban J connectivity index is 1.97. The number of carbonyl (C=O) groups is 1. The van der Waals surface area contributed by atoms with E-state index in [4.69, 9.17) is 0 Å². The van der Waals surface area contributed by atoms with Crippen LogP contribution in [0.5, 0.6) is 5.75 Å². The maximum Gasteiger partial charge on any atom is 0.255 e. The van der Waals surface area contributed by atoms with Gasteiger partial charge in [0.25, 0.3) is 5.91 Å². The topological polar surface area (TPSA) is 69.6 Å². The van der Waals surface area contributed by atoms with Gasteiger partial charge >= 0.3 is 0 Å². The van der Waals surface area contributed by atoms with Crippen molar-refractivity contribution in [3.8, 4) is 5.75 Å². The summed E-state index contributed by atoms with van der Waals surface area (Å²) in [6.07, 6.45) is 2.46. The monoisotopic (exact) mass is 249 g/mol. The van der Waals surface area contributed by atoms with Crippen molar-refractivity contribution in [2.45, 2.75) is 32.3 Å². The molecule has 2 rings (SSSR count). The Hall–Kier alpha value is -1.55. The Morgan fingerprint density at radius 1 is 1.44 bits per heavy atom. The lowest BCUT2D eigenvalue weighted by atomic mass is 10.1. The zero-order chi connectivity index (χ0) is 13.1. The smallest absolute Gasteiger partial charge is 0.255 e. The molecule has 0 bridgehead atoms. The van der Waals surface area contributed by atoms with E-state index in [1.165, 1.54) is 6.07 Å². The predicted octanol–water partition coefficient (Wildman–Crippen LogP) is 1.59. The van der Waals surface area contributed by atoms with Crippen LogP contribution in [0.25, 0.3) is 0 Å². The average molecular weight is 249 g/mol. The van der Waals surface area contributed by atoms with Gasteiger partial charge in [-0.25, -0.2) is 0 Å². The third kappa shape index (κ3) is 2.82. The van der Waals surface area contributed by atoms with Gasteiger partial charge in [0.15, 0.2) is 0 Å². The van der Waals surface area contributed by atoms with Crippen molar-refractivity contribution in [1.29, 1.82) is 0 Å². The van der Waals surface area contributed by atoms with Crippen LogP contribution in [0.4, 0.5) is 0 Å². The van der Waals surface area contributed by atoms with Crippen LogP contribution in [0, 0.1) is 12.8 Å². The number of benzene rings is 1. The van der Waals surface area contributed by atoms with Crippen molar-refractivity contribution in [2.24, 2.45) is 5.92 Å². The summed E-state index contributed by atoms with van der Waals surface area (Å²) in [5.41, 5.74) is 1.22. The second-order valence-electron chi connectivity index (χ2n) is 4.99. The second kappa shape index (κ2) is 5.40. The first-order valence-corrected chi connectivity index (χ1v) is 6.34. The zero-order valence-corrected chi connectivity index (χ0v) is 10.5. The van der Waals surface area contributed by atoms with Gasteiger partial charge in [-0.05, 0) is 31.9 Å². The molecule has 4 heteroatoms. The molecule has 0 saturated heterocycles. The lowest BCUT2D eigenvalue weighted by Gasteiger charge is -2.15. The molecule has 1 saturated carbocycles. The Morgan fingerprint density at radius 3 is 2.89 bits per heavy atom. The van der Waals surface area contributed by atoms with Crippen LogP contribution < -0.4 is 5.32 Å². The lowest BCUT2D eigenvalue weighted by molar-refractivity contribution is 0.0914. The largest absolute Gasteiger partial charge is 0.507 e. The molecule has 1 amide bonds. The van der Waals surface area contributed by atoms with E-state index in [-0.39, 0.29) is 23.7 Å². The zero-order valence-electron chi connectivity index (χ0n) is 10.5. The fourth-order valence-corrected chi connectivity index (χ4v) is 2.41. The van der Waals surface area contributed by atoms with Crippen molar-refractivity contribution < 1.29 is 15.0 Å². The minimum absolute atomic E-state index is 0.00919. The minimum Gasteiger partial charge on any atom is -0.507 e. The summed E-state index contributed by atoms with van der Waals surface area (Å²) in [5.74, 6) is -0.152. The van der Waals surface area contributed by atoms with Gasteiger partial charge in [0, 0.05) is 12.5 Å². The minimum atomic E-state index is -0.309. The van der Waals surface area contributed by atoms with Gasteiger partial charge in [-0.15, -0.1) is 0 Å². The number of phenolic OH excluding ortho intramolecular Hbond substituents is 1. The highest BCUT2D eigenvalue weighted by atomic mass is 16.3. The molecule has 3 N–H and O–H groups in total. The first-order chi connectivity index (χ1) is 8.58. The number of nitrogens with one attached hydrogen (secondary N) is 1. The van der Waals surface area contributed by atoms with Crippen molar-refractivity contribution in [3.63, 3.8) is 0 Å². The molecule has 1 aromatic rings. The van der Waals surface area contributed by atoms with E-state index in [1.807, 2.05) is 6.92 Å². The molecule has 1 aromatic carbocycles. The molecule has 0 heterocycles. The van der Waals surface area contributed by atoms with E-state index in [1.54, 1.807) is 12.1 Å². The Kier molecular flexibility index (Phi) is 3.87. The molecule has 0 aromatic heterocycles. The summed E-state index contributed by atoms with van der Waals surface area (Å²) in [5, 5.41) is 22.1. The van der Waals surface area contributed by atoms with Crippen molar-refractivity contribution in [3.05, 3.63) is 29.3 Å². The molecule has 1 aliphatic carbocycles. The van der Waals surface area contributed by atoms with Crippen LogP contribution in [0.3, 0.4) is 0 Å². The molecular formula is C14H19NO3. The van der Waals surface area contributed by atoms with Crippen LogP contribution in [0.15, 0.2) is 18.2 Å². The number of amides is 1. The van der Waals surface area contributed by atoms with Crippen LogP contribution >= 0.6 is 0 Å². The summed E-state index contributed by atoms with van der Waals surface area (Å²) >= 11 is 0. The van der Waals surface area contributed by atoms with Gasteiger partial charge in [0.1, 0.15) is 5.75 Å². The van der Waals surface area contributed by atoms with E-state index in [0.29, 0.717) is 12.1 Å². The highest BCUT2D eigenvalue weighted by molar-refractivity contribution is 5.96. The van der Waals surface area contributed by atoms with E-state index < -0.39 is 0 Å². The molecule has 98 valence electrons. The SMILES string of the molecule is Cc1ccc(O)c(C(=O)NCC2CCCC2O)c1. The number of carbonyl (C=O) groups excluding carboxylic acids is 1. The molecule has 2 atom stereocenters. The number of hydrogen-bond acceptors (Lipinski definition) is 3. The van der Waals surface area contributed by atoms with Gasteiger partial charge in [-0.3, -0.25) is 4.79 Å².